The first kappa shape index (κ1) is 17.9. The number of hydrogen-bond acceptors (Lipinski definition) is 3. The summed E-state index contributed by atoms with van der Waals surface area (Å²) in [5, 5.41) is 3.03. The topological polar surface area (TPSA) is 65.5 Å². The maximum atomic E-state index is 12.9. The van der Waals surface area contributed by atoms with Crippen molar-refractivity contribution in [3.63, 3.8) is 0 Å². The molecule has 136 valence electrons. The number of nitrogens with one attached hydrogen (secondary N) is 1. The summed E-state index contributed by atoms with van der Waals surface area (Å²) in [6.45, 7) is 5.03. The average molecular weight is 352 g/mol. The molecule has 0 spiro atoms. The Kier molecular flexibility index (Phi) is 4.93. The van der Waals surface area contributed by atoms with E-state index in [1.165, 1.54) is 0 Å². The molecule has 1 aliphatic heterocycles. The molecule has 6 nitrogen and oxygen atoms in total. The molecule has 6 heteroatoms. The van der Waals surface area contributed by atoms with Crippen LogP contribution in [-0.4, -0.2) is 47.4 Å². The van der Waals surface area contributed by atoms with Crippen LogP contribution in [0, 0.1) is 13.8 Å². The molecule has 0 saturated carbocycles. The molecule has 1 N–H and O–H groups in total. The molecule has 2 aromatic rings. The normalized spacial score (nSPS) is 13.2. The number of anilines is 1. The monoisotopic (exact) mass is 352 g/mol. The predicted octanol–water partition coefficient (Wildman–Crippen LogP) is 2.99. The minimum absolute atomic E-state index is 0.0268. The minimum Gasteiger partial charge on any atom is -0.331 e. The van der Waals surface area contributed by atoms with Crippen LogP contribution in [0.2, 0.25) is 0 Å². The zero-order valence-electron chi connectivity index (χ0n) is 15.7. The molecule has 3 amide bonds. The molecule has 0 bridgehead atoms. The lowest BCUT2D eigenvalue weighted by atomic mass is 9.96. The van der Waals surface area contributed by atoms with Crippen LogP contribution in [0.5, 0.6) is 0 Å². The number of benzene rings is 1. The third-order valence-corrected chi connectivity index (χ3v) is 4.76. The van der Waals surface area contributed by atoms with Crippen molar-refractivity contribution < 1.29 is 9.59 Å². The second-order valence-electron chi connectivity index (χ2n) is 6.89. The molecule has 0 saturated heterocycles. The van der Waals surface area contributed by atoms with Crippen LogP contribution < -0.4 is 5.32 Å². The van der Waals surface area contributed by atoms with E-state index in [-0.39, 0.29) is 11.9 Å². The number of para-hydroxylation sites is 1. The standard InChI is InChI=1S/C20H24N4O2/c1-13-6-5-7-14(2)18(13)22-19(25)17-11-21-10-15-12-24(9-8-16(15)17)20(26)23(3)4/h5-7,10-11H,8-9,12H2,1-4H3,(H,22,25). The van der Waals surface area contributed by atoms with Gasteiger partial charge in [0.05, 0.1) is 5.56 Å². The first-order valence-electron chi connectivity index (χ1n) is 8.68. The molecule has 1 aromatic carbocycles. The first-order valence-corrected chi connectivity index (χ1v) is 8.68. The summed E-state index contributed by atoms with van der Waals surface area (Å²) in [5.74, 6) is -0.154. The Balaban J connectivity index is 1.86. The number of amides is 3. The van der Waals surface area contributed by atoms with E-state index in [9.17, 15) is 9.59 Å². The molecular weight excluding hydrogens is 328 g/mol. The van der Waals surface area contributed by atoms with Gasteiger partial charge in [-0.05, 0) is 42.5 Å². The molecule has 0 radical (unpaired) electrons. The average Bonchev–Trinajstić information content (AvgIpc) is 2.63. The quantitative estimate of drug-likeness (QED) is 0.904. The molecule has 0 aliphatic carbocycles. The molecule has 3 rings (SSSR count). The Bertz CT molecular complexity index is 841. The summed E-state index contributed by atoms with van der Waals surface area (Å²) < 4.78 is 0. The molecule has 26 heavy (non-hydrogen) atoms. The fourth-order valence-electron chi connectivity index (χ4n) is 3.33. The van der Waals surface area contributed by atoms with Gasteiger partial charge < -0.3 is 15.1 Å². The number of fused-ring (bicyclic) bond motifs is 1. The highest BCUT2D eigenvalue weighted by atomic mass is 16.2. The number of pyridine rings is 1. The summed E-state index contributed by atoms with van der Waals surface area (Å²) in [6.07, 6.45) is 4.01. The Morgan fingerprint density at radius 3 is 2.50 bits per heavy atom. The maximum Gasteiger partial charge on any atom is 0.319 e. The van der Waals surface area contributed by atoms with Crippen LogP contribution >= 0.6 is 0 Å². The van der Waals surface area contributed by atoms with E-state index in [1.807, 2.05) is 32.0 Å². The van der Waals surface area contributed by atoms with E-state index in [4.69, 9.17) is 0 Å². The van der Waals surface area contributed by atoms with Crippen molar-refractivity contribution in [2.45, 2.75) is 26.8 Å². The van der Waals surface area contributed by atoms with Gasteiger partial charge in [0, 0.05) is 45.3 Å². The molecule has 1 aliphatic rings. The number of urea groups is 1. The highest BCUT2D eigenvalue weighted by molar-refractivity contribution is 6.06. The number of nitrogens with zero attached hydrogens (tertiary/aromatic N) is 3. The van der Waals surface area contributed by atoms with Crippen LogP contribution in [0.4, 0.5) is 10.5 Å². The zero-order valence-corrected chi connectivity index (χ0v) is 15.7. The van der Waals surface area contributed by atoms with Crippen molar-refractivity contribution in [2.24, 2.45) is 0 Å². The van der Waals surface area contributed by atoms with Gasteiger partial charge >= 0.3 is 6.03 Å². The second kappa shape index (κ2) is 7.15. The van der Waals surface area contributed by atoms with Crippen molar-refractivity contribution in [3.8, 4) is 0 Å². The lowest BCUT2D eigenvalue weighted by Crippen LogP contribution is -2.42. The molecule has 0 fully saturated rings. The maximum absolute atomic E-state index is 12.9. The molecule has 0 unspecified atom stereocenters. The first-order chi connectivity index (χ1) is 12.4. The molecule has 0 atom stereocenters. The van der Waals surface area contributed by atoms with E-state index < -0.39 is 0 Å². The Labute approximate surface area is 153 Å². The Morgan fingerprint density at radius 2 is 1.85 bits per heavy atom. The smallest absolute Gasteiger partial charge is 0.319 e. The van der Waals surface area contributed by atoms with E-state index in [2.05, 4.69) is 10.3 Å². The SMILES string of the molecule is Cc1cccc(C)c1NC(=O)c1cncc2c1CCN(C(=O)N(C)C)C2. The number of aromatic nitrogens is 1. The van der Waals surface area contributed by atoms with Gasteiger partial charge in [-0.1, -0.05) is 18.2 Å². The van der Waals surface area contributed by atoms with Crippen molar-refractivity contribution >= 4 is 17.6 Å². The zero-order chi connectivity index (χ0) is 18.8. The lowest BCUT2D eigenvalue weighted by molar-refractivity contribution is 0.102. The fraction of sp³-hybridized carbons (Fsp3) is 0.350. The van der Waals surface area contributed by atoms with Gasteiger partial charge in [-0.3, -0.25) is 9.78 Å². The van der Waals surface area contributed by atoms with Gasteiger partial charge in [-0.15, -0.1) is 0 Å². The second-order valence-corrected chi connectivity index (χ2v) is 6.89. The summed E-state index contributed by atoms with van der Waals surface area (Å²) in [4.78, 5) is 32.6. The highest BCUT2D eigenvalue weighted by Gasteiger charge is 2.25. The third kappa shape index (κ3) is 3.40. The van der Waals surface area contributed by atoms with Gasteiger partial charge in [0.1, 0.15) is 0 Å². The van der Waals surface area contributed by atoms with Crippen LogP contribution in [0.15, 0.2) is 30.6 Å². The van der Waals surface area contributed by atoms with E-state index in [0.29, 0.717) is 25.1 Å². The Hall–Kier alpha value is -2.89. The number of carbonyl (C=O) groups is 2. The Morgan fingerprint density at radius 1 is 1.15 bits per heavy atom. The number of aryl methyl sites for hydroxylation is 2. The molecule has 1 aromatic heterocycles. The molecule has 2 heterocycles. The van der Waals surface area contributed by atoms with Gasteiger partial charge in [0.2, 0.25) is 0 Å². The van der Waals surface area contributed by atoms with Crippen LogP contribution in [0.25, 0.3) is 0 Å². The number of hydrogen-bond donors (Lipinski definition) is 1. The largest absolute Gasteiger partial charge is 0.331 e. The van der Waals surface area contributed by atoms with Crippen LogP contribution in [0.1, 0.15) is 32.6 Å². The highest BCUT2D eigenvalue weighted by Crippen LogP contribution is 2.25. The van der Waals surface area contributed by atoms with E-state index in [0.717, 1.165) is 27.9 Å². The van der Waals surface area contributed by atoms with Gasteiger partial charge in [-0.2, -0.15) is 0 Å². The predicted molar refractivity (Wildman–Crippen MR) is 101 cm³/mol. The van der Waals surface area contributed by atoms with Crippen LogP contribution in [0.3, 0.4) is 0 Å². The summed E-state index contributed by atoms with van der Waals surface area (Å²) in [5.41, 5.74) is 5.39. The lowest BCUT2D eigenvalue weighted by Gasteiger charge is -2.31. The van der Waals surface area contributed by atoms with Gasteiger partial charge in [-0.25, -0.2) is 4.79 Å². The summed E-state index contributed by atoms with van der Waals surface area (Å²) >= 11 is 0. The van der Waals surface area contributed by atoms with Gasteiger partial charge in [0.25, 0.3) is 5.91 Å². The van der Waals surface area contributed by atoms with Crippen molar-refractivity contribution in [1.82, 2.24) is 14.8 Å². The third-order valence-electron chi connectivity index (χ3n) is 4.76. The number of rotatable bonds is 2. The minimum atomic E-state index is -0.154. The van der Waals surface area contributed by atoms with E-state index >= 15 is 0 Å². The van der Waals surface area contributed by atoms with Crippen molar-refractivity contribution in [3.05, 3.63) is 58.4 Å². The summed E-state index contributed by atoms with van der Waals surface area (Å²) in [6, 6.07) is 5.90. The fourth-order valence-corrected chi connectivity index (χ4v) is 3.33. The van der Waals surface area contributed by atoms with Gasteiger partial charge in [0.15, 0.2) is 0 Å². The van der Waals surface area contributed by atoms with Crippen molar-refractivity contribution in [1.29, 1.82) is 0 Å². The van der Waals surface area contributed by atoms with Crippen LogP contribution in [-0.2, 0) is 13.0 Å². The summed E-state index contributed by atoms with van der Waals surface area (Å²) in [7, 11) is 3.48. The van der Waals surface area contributed by atoms with Crippen molar-refractivity contribution in [2.75, 3.05) is 26.0 Å². The molecular formula is C20H24N4O2. The van der Waals surface area contributed by atoms with E-state index in [1.54, 1.807) is 36.3 Å². The number of carbonyl (C=O) groups excluding carboxylic acids is 2.